The normalized spacial score (nSPS) is 15.7. The molecule has 0 aliphatic carbocycles. The topological polar surface area (TPSA) is 448 Å². The minimum atomic E-state index is -1.86. The van der Waals surface area contributed by atoms with E-state index in [4.69, 9.17) is 22.3 Å². The predicted molar refractivity (Wildman–Crippen MR) is 231 cm³/mol. The summed E-state index contributed by atoms with van der Waals surface area (Å²) in [5, 5.41) is 54.7. The highest BCUT2D eigenvalue weighted by Crippen LogP contribution is 2.13. The molecule has 0 aromatic carbocycles. The molecule has 0 aliphatic rings. The summed E-state index contributed by atoms with van der Waals surface area (Å²) in [6, 6.07) is -12.3. The van der Waals surface area contributed by atoms with Crippen LogP contribution in [-0.2, 0) is 57.5 Å². The summed E-state index contributed by atoms with van der Waals surface area (Å²) in [5.74, 6) is -14.9. The second-order valence-corrected chi connectivity index (χ2v) is 16.6. The Morgan fingerprint density at radius 2 is 0.773 bits per heavy atom. The van der Waals surface area contributed by atoms with Crippen molar-refractivity contribution in [2.24, 2.45) is 35.0 Å². The molecule has 0 fully saturated rings. The first-order valence-corrected chi connectivity index (χ1v) is 21.3. The van der Waals surface area contributed by atoms with Gasteiger partial charge in [-0.2, -0.15) is 0 Å². The summed E-state index contributed by atoms with van der Waals surface area (Å²) in [6.07, 6.45) is -5.46. The second kappa shape index (κ2) is 29.2. The number of rotatable bonds is 32. The van der Waals surface area contributed by atoms with E-state index in [0.717, 1.165) is 6.92 Å². The molecule has 0 saturated heterocycles. The molecular formula is C40H68N10O16. The molecule has 66 heavy (non-hydrogen) atoms. The maximum Gasteiger partial charge on any atom is 0.326 e. The molecule has 10 atom stereocenters. The number of nitrogens with one attached hydrogen (secondary N) is 7. The standard InChI is InChI=1S/C40H68N10O16/c1-8-19(6)31(38(63)50-32(20(7)51)39(64)46-21(9-13-25(41)52)33(58)47-24(40(65)66)12-16-28(56)57)49-35(60)22(10-14-26(42)53)45-37(62)30(18(4)5)48-34(59)23(11-15-27(54)55)44-36(61)29(43)17(2)3/h17-24,29-32,51H,8-16,43H2,1-7H3,(H2,41,52)(H2,42,53)(H,44,61)(H,45,62)(H,46,64)(H,47,58)(H,48,59)(H,49,60)(H,50,63)(H,54,55)(H,56,57)(H,65,66)/t19-,20+,21-,22-,23-,24-,29-,30-,31-,32-/m0/s1. The third-order valence-electron chi connectivity index (χ3n) is 10.3. The fraction of sp³-hybridized carbons (Fsp3) is 0.700. The molecule has 26 nitrogen and oxygen atoms in total. The third kappa shape index (κ3) is 22.0. The Hall–Kier alpha value is -6.44. The predicted octanol–water partition coefficient (Wildman–Crippen LogP) is -4.21. The molecule has 0 aromatic rings. The molecule has 0 bridgehead atoms. The molecule has 0 rings (SSSR count). The molecule has 0 unspecified atom stereocenters. The van der Waals surface area contributed by atoms with Gasteiger partial charge in [-0.05, 0) is 50.4 Å². The van der Waals surface area contributed by atoms with Gasteiger partial charge in [-0.25, -0.2) is 4.79 Å². The molecule has 0 radical (unpaired) electrons. The van der Waals surface area contributed by atoms with Crippen molar-refractivity contribution in [3.63, 3.8) is 0 Å². The summed E-state index contributed by atoms with van der Waals surface area (Å²) in [6.45, 7) is 10.6. The number of carbonyl (C=O) groups excluding carboxylic acids is 9. The highest BCUT2D eigenvalue weighted by atomic mass is 16.4. The highest BCUT2D eigenvalue weighted by molar-refractivity contribution is 5.98. The van der Waals surface area contributed by atoms with Crippen LogP contribution in [0, 0.1) is 17.8 Å². The lowest BCUT2D eigenvalue weighted by atomic mass is 9.96. The van der Waals surface area contributed by atoms with Gasteiger partial charge in [-0.15, -0.1) is 0 Å². The SMILES string of the molecule is CC[C@H](C)[C@H](NC(=O)[C@H](CCC(N)=O)NC(=O)[C@@H](NC(=O)[C@H](CCC(=O)O)NC(=O)[C@@H](N)C(C)C)C(C)C)C(=O)N[C@H](C(=O)N[C@@H](CCC(N)=O)C(=O)N[C@@H](CCC(=O)O)C(=O)O)[C@@H](C)O. The number of carbonyl (C=O) groups is 12. The summed E-state index contributed by atoms with van der Waals surface area (Å²) in [5.41, 5.74) is 16.5. The van der Waals surface area contributed by atoms with E-state index < -0.39 is 182 Å². The van der Waals surface area contributed by atoms with Gasteiger partial charge in [-0.3, -0.25) is 52.7 Å². The molecule has 0 saturated carbocycles. The Morgan fingerprint density at radius 1 is 0.439 bits per heavy atom. The number of amides is 9. The molecule has 9 amide bonds. The van der Waals surface area contributed by atoms with Crippen LogP contribution in [0.5, 0.6) is 0 Å². The van der Waals surface area contributed by atoms with Crippen LogP contribution in [-0.4, -0.2) is 146 Å². The maximum absolute atomic E-state index is 13.9. The van der Waals surface area contributed by atoms with Crippen LogP contribution >= 0.6 is 0 Å². The largest absolute Gasteiger partial charge is 0.481 e. The van der Waals surface area contributed by atoms with Crippen molar-refractivity contribution < 1.29 is 78.0 Å². The van der Waals surface area contributed by atoms with Crippen LogP contribution in [0.25, 0.3) is 0 Å². The minimum absolute atomic E-state index is 0.216. The van der Waals surface area contributed by atoms with E-state index in [9.17, 15) is 72.9 Å². The fourth-order valence-electron chi connectivity index (χ4n) is 5.93. The molecule has 0 aromatic heterocycles. The Bertz CT molecular complexity index is 1760. The van der Waals surface area contributed by atoms with Crippen LogP contribution in [0.2, 0.25) is 0 Å². The van der Waals surface area contributed by atoms with Crippen LogP contribution in [0.1, 0.15) is 106 Å². The summed E-state index contributed by atoms with van der Waals surface area (Å²) < 4.78 is 0. The lowest BCUT2D eigenvalue weighted by molar-refractivity contribution is -0.144. The summed E-state index contributed by atoms with van der Waals surface area (Å²) in [4.78, 5) is 152. The average Bonchev–Trinajstić information content (AvgIpc) is 3.21. The van der Waals surface area contributed by atoms with Gasteiger partial charge in [0.2, 0.25) is 53.2 Å². The lowest BCUT2D eigenvalue weighted by Gasteiger charge is -2.30. The zero-order chi connectivity index (χ0) is 51.2. The van der Waals surface area contributed by atoms with Gasteiger partial charge < -0.3 is 74.8 Å². The first-order chi connectivity index (χ1) is 30.5. The zero-order valence-corrected chi connectivity index (χ0v) is 38.2. The van der Waals surface area contributed by atoms with E-state index in [-0.39, 0.29) is 18.8 Å². The van der Waals surface area contributed by atoms with Gasteiger partial charge in [0, 0.05) is 25.7 Å². The van der Waals surface area contributed by atoms with Gasteiger partial charge in [0.15, 0.2) is 0 Å². The molecule has 26 heteroatoms. The van der Waals surface area contributed by atoms with E-state index >= 15 is 0 Å². The molecule has 0 spiro atoms. The fourth-order valence-corrected chi connectivity index (χ4v) is 5.93. The smallest absolute Gasteiger partial charge is 0.326 e. The maximum atomic E-state index is 13.9. The number of nitrogens with two attached hydrogens (primary N) is 3. The Morgan fingerprint density at radius 3 is 1.14 bits per heavy atom. The van der Waals surface area contributed by atoms with Crippen LogP contribution in [0.3, 0.4) is 0 Å². The summed E-state index contributed by atoms with van der Waals surface area (Å²) in [7, 11) is 0. The number of aliphatic carboxylic acids is 3. The van der Waals surface area contributed by atoms with E-state index in [2.05, 4.69) is 37.2 Å². The monoisotopic (exact) mass is 944 g/mol. The number of carboxylic acid groups (broad SMARTS) is 3. The van der Waals surface area contributed by atoms with Crippen molar-refractivity contribution in [3.8, 4) is 0 Å². The van der Waals surface area contributed by atoms with Crippen LogP contribution in [0.4, 0.5) is 0 Å². The number of primary amides is 2. The molecular weight excluding hydrogens is 876 g/mol. The molecule has 374 valence electrons. The van der Waals surface area contributed by atoms with Crippen LogP contribution in [0.15, 0.2) is 0 Å². The number of hydrogen-bond donors (Lipinski definition) is 14. The zero-order valence-electron chi connectivity index (χ0n) is 38.2. The Kier molecular flexibility index (Phi) is 26.3. The van der Waals surface area contributed by atoms with Gasteiger partial charge in [0.05, 0.1) is 12.1 Å². The van der Waals surface area contributed by atoms with Crippen molar-refractivity contribution >= 4 is 71.1 Å². The molecule has 0 aliphatic heterocycles. The van der Waals surface area contributed by atoms with Crippen molar-refractivity contribution in [2.75, 3.05) is 0 Å². The summed E-state index contributed by atoms with van der Waals surface area (Å²) >= 11 is 0. The van der Waals surface area contributed by atoms with Crippen molar-refractivity contribution in [2.45, 2.75) is 161 Å². The number of aliphatic hydroxyl groups is 1. The van der Waals surface area contributed by atoms with Crippen LogP contribution < -0.4 is 54.4 Å². The van der Waals surface area contributed by atoms with Crippen molar-refractivity contribution in [1.82, 2.24) is 37.2 Å². The molecule has 17 N–H and O–H groups in total. The van der Waals surface area contributed by atoms with Crippen molar-refractivity contribution in [3.05, 3.63) is 0 Å². The van der Waals surface area contributed by atoms with E-state index in [0.29, 0.717) is 0 Å². The highest BCUT2D eigenvalue weighted by Gasteiger charge is 2.37. The first kappa shape index (κ1) is 59.6. The van der Waals surface area contributed by atoms with Gasteiger partial charge in [-0.1, -0.05) is 48.0 Å². The lowest BCUT2D eigenvalue weighted by Crippen LogP contribution is -2.63. The Balaban J connectivity index is 6.57. The second-order valence-electron chi connectivity index (χ2n) is 16.6. The van der Waals surface area contributed by atoms with Gasteiger partial charge in [0.25, 0.3) is 0 Å². The van der Waals surface area contributed by atoms with E-state index in [1.807, 2.05) is 0 Å². The average molecular weight is 945 g/mol. The number of carboxylic acids is 3. The quantitative estimate of drug-likeness (QED) is 0.0304. The van der Waals surface area contributed by atoms with E-state index in [1.165, 1.54) is 20.8 Å². The number of aliphatic hydroxyl groups excluding tert-OH is 1. The third-order valence-corrected chi connectivity index (χ3v) is 10.3. The van der Waals surface area contributed by atoms with Gasteiger partial charge >= 0.3 is 17.9 Å². The first-order valence-electron chi connectivity index (χ1n) is 21.3. The minimum Gasteiger partial charge on any atom is -0.481 e. The molecule has 0 heterocycles. The van der Waals surface area contributed by atoms with E-state index in [1.54, 1.807) is 20.8 Å². The van der Waals surface area contributed by atoms with Crippen molar-refractivity contribution in [1.29, 1.82) is 0 Å². The number of hydrogen-bond acceptors (Lipinski definition) is 14. The Labute approximate surface area is 381 Å². The van der Waals surface area contributed by atoms with Gasteiger partial charge in [0.1, 0.15) is 42.3 Å².